The Morgan fingerprint density at radius 1 is 1.20 bits per heavy atom. The van der Waals surface area contributed by atoms with Crippen LogP contribution in [-0.2, 0) is 9.63 Å². The Kier molecular flexibility index (Phi) is 3.47. The van der Waals surface area contributed by atoms with E-state index >= 15 is 0 Å². The summed E-state index contributed by atoms with van der Waals surface area (Å²) in [5.74, 6) is 0.0758. The molecule has 1 atom stereocenters. The smallest absolute Gasteiger partial charge is 0.269 e. The van der Waals surface area contributed by atoms with E-state index in [2.05, 4.69) is 5.16 Å². The van der Waals surface area contributed by atoms with Crippen LogP contribution < -0.4 is 0 Å². The van der Waals surface area contributed by atoms with Gasteiger partial charge in [-0.1, -0.05) is 35.5 Å². The lowest BCUT2D eigenvalue weighted by Gasteiger charge is -2.32. The summed E-state index contributed by atoms with van der Waals surface area (Å²) in [5.41, 5.74) is 1.06. The highest BCUT2D eigenvalue weighted by molar-refractivity contribution is 6.05. The Hall–Kier alpha value is -1.84. The molecule has 0 spiro atoms. The lowest BCUT2D eigenvalue weighted by molar-refractivity contribution is -0.154. The van der Waals surface area contributed by atoms with E-state index in [0.717, 1.165) is 37.2 Å². The van der Waals surface area contributed by atoms with Crippen LogP contribution in [0.25, 0.3) is 0 Å². The van der Waals surface area contributed by atoms with Crippen molar-refractivity contribution in [1.82, 2.24) is 4.90 Å². The topological polar surface area (TPSA) is 41.9 Å². The first-order valence-electron chi connectivity index (χ1n) is 7.29. The fraction of sp³-hybridized carbons (Fsp3) is 0.500. The van der Waals surface area contributed by atoms with Crippen molar-refractivity contribution in [3.8, 4) is 0 Å². The minimum absolute atomic E-state index is 0.0758. The lowest BCUT2D eigenvalue weighted by atomic mass is 9.94. The molecule has 1 aromatic carbocycles. The highest BCUT2D eigenvalue weighted by Gasteiger charge is 2.44. The molecule has 0 saturated carbocycles. The van der Waals surface area contributed by atoms with Crippen molar-refractivity contribution in [1.29, 1.82) is 0 Å². The van der Waals surface area contributed by atoms with Gasteiger partial charge in [0.2, 0.25) is 5.60 Å². The van der Waals surface area contributed by atoms with E-state index < -0.39 is 5.60 Å². The van der Waals surface area contributed by atoms with Crippen LogP contribution in [0.3, 0.4) is 0 Å². The molecule has 0 radical (unpaired) electrons. The van der Waals surface area contributed by atoms with E-state index in [1.807, 2.05) is 42.2 Å². The van der Waals surface area contributed by atoms with Crippen LogP contribution in [0, 0.1) is 0 Å². The monoisotopic (exact) mass is 272 g/mol. The molecule has 4 heteroatoms. The summed E-state index contributed by atoms with van der Waals surface area (Å²) in [5, 5.41) is 4.14. The highest BCUT2D eigenvalue weighted by Crippen LogP contribution is 2.29. The molecule has 2 heterocycles. The van der Waals surface area contributed by atoms with Crippen molar-refractivity contribution in [3.05, 3.63) is 35.9 Å². The maximum atomic E-state index is 12.6. The van der Waals surface area contributed by atoms with Gasteiger partial charge in [0.05, 0.1) is 5.71 Å². The number of amides is 1. The predicted octanol–water partition coefficient (Wildman–Crippen LogP) is 2.58. The molecule has 0 unspecified atom stereocenters. The molecular formula is C16H20N2O2. The number of hydrogen-bond donors (Lipinski definition) is 0. The number of likely N-dealkylation sites (tertiary alicyclic amines) is 1. The van der Waals surface area contributed by atoms with Crippen LogP contribution in [0.2, 0.25) is 0 Å². The normalized spacial score (nSPS) is 26.1. The molecular weight excluding hydrogens is 252 g/mol. The Balaban J connectivity index is 1.71. The Bertz CT molecular complexity index is 521. The zero-order valence-corrected chi connectivity index (χ0v) is 11.8. The number of rotatable bonds is 2. The van der Waals surface area contributed by atoms with E-state index in [0.29, 0.717) is 6.42 Å². The van der Waals surface area contributed by atoms with Gasteiger partial charge >= 0.3 is 0 Å². The van der Waals surface area contributed by atoms with Gasteiger partial charge in [-0.05, 0) is 31.7 Å². The summed E-state index contributed by atoms with van der Waals surface area (Å²) in [4.78, 5) is 20.1. The van der Waals surface area contributed by atoms with Gasteiger partial charge in [0.15, 0.2) is 0 Å². The van der Waals surface area contributed by atoms with E-state index in [4.69, 9.17) is 4.84 Å². The number of hydrogen-bond acceptors (Lipinski definition) is 3. The molecule has 2 aliphatic rings. The molecule has 0 aliphatic carbocycles. The van der Waals surface area contributed by atoms with Gasteiger partial charge in [0.25, 0.3) is 5.91 Å². The van der Waals surface area contributed by atoms with Crippen LogP contribution in [0.15, 0.2) is 35.5 Å². The van der Waals surface area contributed by atoms with Gasteiger partial charge in [-0.2, -0.15) is 0 Å². The third kappa shape index (κ3) is 2.42. The summed E-state index contributed by atoms with van der Waals surface area (Å²) >= 11 is 0. The number of piperidine rings is 1. The van der Waals surface area contributed by atoms with E-state index in [1.165, 1.54) is 6.42 Å². The molecule has 1 aromatic rings. The van der Waals surface area contributed by atoms with Gasteiger partial charge in [-0.25, -0.2) is 0 Å². The number of oxime groups is 1. The first kappa shape index (κ1) is 13.2. The van der Waals surface area contributed by atoms with Crippen molar-refractivity contribution in [3.63, 3.8) is 0 Å². The van der Waals surface area contributed by atoms with E-state index in [1.54, 1.807) is 0 Å². The van der Waals surface area contributed by atoms with Gasteiger partial charge in [-0.15, -0.1) is 0 Å². The van der Waals surface area contributed by atoms with Gasteiger partial charge in [-0.3, -0.25) is 4.79 Å². The van der Waals surface area contributed by atoms with Crippen molar-refractivity contribution in [2.24, 2.45) is 5.16 Å². The zero-order valence-electron chi connectivity index (χ0n) is 11.8. The van der Waals surface area contributed by atoms with E-state index in [-0.39, 0.29) is 5.91 Å². The molecule has 0 bridgehead atoms. The third-order valence-corrected chi connectivity index (χ3v) is 4.06. The molecule has 1 saturated heterocycles. The number of carbonyl (C=O) groups is 1. The molecule has 0 aromatic heterocycles. The fourth-order valence-electron chi connectivity index (χ4n) is 2.87. The lowest BCUT2D eigenvalue weighted by Crippen LogP contribution is -2.49. The first-order chi connectivity index (χ1) is 9.69. The van der Waals surface area contributed by atoms with Crippen molar-refractivity contribution in [2.75, 3.05) is 13.1 Å². The van der Waals surface area contributed by atoms with Crippen LogP contribution in [0.1, 0.15) is 38.2 Å². The number of benzene rings is 1. The summed E-state index contributed by atoms with van der Waals surface area (Å²) in [6, 6.07) is 9.91. The number of nitrogens with zero attached hydrogens (tertiary/aromatic N) is 2. The Morgan fingerprint density at radius 3 is 2.60 bits per heavy atom. The van der Waals surface area contributed by atoms with Crippen LogP contribution in [0.5, 0.6) is 0 Å². The average Bonchev–Trinajstić information content (AvgIpc) is 2.92. The molecule has 3 rings (SSSR count). The average molecular weight is 272 g/mol. The summed E-state index contributed by atoms with van der Waals surface area (Å²) in [6.07, 6.45) is 3.95. The Labute approximate surface area is 119 Å². The highest BCUT2D eigenvalue weighted by atomic mass is 16.7. The van der Waals surface area contributed by atoms with Crippen LogP contribution in [0.4, 0.5) is 0 Å². The molecule has 20 heavy (non-hydrogen) atoms. The molecule has 106 valence electrons. The minimum Gasteiger partial charge on any atom is -0.379 e. The molecule has 0 N–H and O–H groups in total. The SMILES string of the molecule is C[C@@]1(C(=O)N2CCCCC2)CC(c2ccccc2)=NO1. The largest absolute Gasteiger partial charge is 0.379 e. The van der Waals surface area contributed by atoms with Crippen molar-refractivity contribution in [2.45, 2.75) is 38.2 Å². The standard InChI is InChI=1S/C16H20N2O2/c1-16(15(19)18-10-6-3-7-11-18)12-14(17-20-16)13-8-4-2-5-9-13/h2,4-5,8-9H,3,6-7,10-12H2,1H3/t16-/m0/s1. The molecule has 1 fully saturated rings. The second-order valence-electron chi connectivity index (χ2n) is 5.76. The Morgan fingerprint density at radius 2 is 1.90 bits per heavy atom. The quantitative estimate of drug-likeness (QED) is 0.830. The predicted molar refractivity (Wildman–Crippen MR) is 77.5 cm³/mol. The summed E-state index contributed by atoms with van der Waals surface area (Å²) in [6.45, 7) is 3.54. The minimum atomic E-state index is -0.831. The second-order valence-corrected chi connectivity index (χ2v) is 5.76. The molecule has 4 nitrogen and oxygen atoms in total. The summed E-state index contributed by atoms with van der Waals surface area (Å²) < 4.78 is 0. The van der Waals surface area contributed by atoms with Gasteiger partial charge in [0, 0.05) is 19.5 Å². The third-order valence-electron chi connectivity index (χ3n) is 4.06. The van der Waals surface area contributed by atoms with Gasteiger partial charge in [0.1, 0.15) is 0 Å². The fourth-order valence-corrected chi connectivity index (χ4v) is 2.87. The zero-order chi connectivity index (χ0) is 14.0. The maximum Gasteiger partial charge on any atom is 0.269 e. The van der Waals surface area contributed by atoms with Gasteiger partial charge < -0.3 is 9.74 Å². The van der Waals surface area contributed by atoms with Crippen molar-refractivity contribution >= 4 is 11.6 Å². The summed E-state index contributed by atoms with van der Waals surface area (Å²) in [7, 11) is 0. The molecule has 2 aliphatic heterocycles. The molecule has 1 amide bonds. The van der Waals surface area contributed by atoms with Crippen LogP contribution >= 0.6 is 0 Å². The van der Waals surface area contributed by atoms with Crippen LogP contribution in [-0.4, -0.2) is 35.2 Å². The second kappa shape index (κ2) is 5.27. The van der Waals surface area contributed by atoms with Crippen molar-refractivity contribution < 1.29 is 9.63 Å². The maximum absolute atomic E-state index is 12.6. The van der Waals surface area contributed by atoms with E-state index in [9.17, 15) is 4.79 Å². The number of carbonyl (C=O) groups excluding carboxylic acids is 1. The first-order valence-corrected chi connectivity index (χ1v) is 7.29.